The Balaban J connectivity index is 1.56. The van der Waals surface area contributed by atoms with E-state index in [1.54, 1.807) is 31.6 Å². The molecule has 1 spiro atoms. The summed E-state index contributed by atoms with van der Waals surface area (Å²) >= 11 is 0. The molecule has 0 atom stereocenters. The van der Waals surface area contributed by atoms with Crippen LogP contribution in [-0.4, -0.2) is 66.5 Å². The van der Waals surface area contributed by atoms with Gasteiger partial charge in [-0.25, -0.2) is 14.8 Å². The number of nitrogens with zero attached hydrogens (tertiary/aromatic N) is 6. The second kappa shape index (κ2) is 7.99. The van der Waals surface area contributed by atoms with E-state index in [9.17, 15) is 14.4 Å². The van der Waals surface area contributed by atoms with Crippen molar-refractivity contribution >= 4 is 23.7 Å². The molecule has 4 rings (SSSR count). The lowest BCUT2D eigenvalue weighted by atomic mass is 9.81. The summed E-state index contributed by atoms with van der Waals surface area (Å²) in [6.07, 6.45) is 7.31. The first-order valence-electron chi connectivity index (χ1n) is 10.9. The number of hydrogen-bond acceptors (Lipinski definition) is 6. The zero-order valence-electron chi connectivity index (χ0n) is 19.0. The van der Waals surface area contributed by atoms with E-state index in [-0.39, 0.29) is 17.9 Å². The van der Waals surface area contributed by atoms with Gasteiger partial charge in [0.25, 0.3) is 11.9 Å². The predicted octanol–water partition coefficient (Wildman–Crippen LogP) is 2.50. The Bertz CT molecular complexity index is 1040. The molecule has 170 valence electrons. The molecule has 0 radical (unpaired) electrons. The van der Waals surface area contributed by atoms with Crippen molar-refractivity contribution in [1.29, 1.82) is 0 Å². The molecule has 3 heterocycles. The summed E-state index contributed by atoms with van der Waals surface area (Å²) in [5.41, 5.74) is -0.333. The van der Waals surface area contributed by atoms with E-state index >= 15 is 0 Å². The van der Waals surface area contributed by atoms with Gasteiger partial charge in [0.05, 0.1) is 5.69 Å². The predicted molar refractivity (Wildman–Crippen MR) is 117 cm³/mol. The number of hydrogen-bond donors (Lipinski definition) is 1. The molecule has 0 bridgehead atoms. The first kappa shape index (κ1) is 21.9. The lowest BCUT2D eigenvalue weighted by molar-refractivity contribution is -0.136. The molecule has 10 heteroatoms. The smallest absolute Gasteiger partial charge is 0.313 e. The van der Waals surface area contributed by atoms with Gasteiger partial charge in [-0.2, -0.15) is 9.78 Å². The average Bonchev–Trinajstić information content (AvgIpc) is 3.26. The molecule has 2 fully saturated rings. The monoisotopic (exact) mass is 439 g/mol. The van der Waals surface area contributed by atoms with Crippen molar-refractivity contribution in [3.63, 3.8) is 0 Å². The molecule has 2 aliphatic rings. The molecule has 1 saturated heterocycles. The molecule has 10 nitrogen and oxygen atoms in total. The van der Waals surface area contributed by atoms with Crippen LogP contribution in [0.4, 0.5) is 10.6 Å². The van der Waals surface area contributed by atoms with Crippen molar-refractivity contribution in [2.45, 2.75) is 63.8 Å². The number of carbonyl (C=O) groups is 3. The van der Waals surface area contributed by atoms with Gasteiger partial charge in [-0.15, -0.1) is 0 Å². The summed E-state index contributed by atoms with van der Waals surface area (Å²) in [7, 11) is 1.65. The van der Waals surface area contributed by atoms with Crippen molar-refractivity contribution in [1.82, 2.24) is 29.5 Å². The fourth-order valence-corrected chi connectivity index (χ4v) is 4.39. The van der Waals surface area contributed by atoms with Crippen molar-refractivity contribution in [3.05, 3.63) is 30.2 Å². The average molecular weight is 440 g/mol. The van der Waals surface area contributed by atoms with Crippen molar-refractivity contribution in [3.8, 4) is 5.95 Å². The molecule has 1 aliphatic carbocycles. The third-order valence-electron chi connectivity index (χ3n) is 6.27. The van der Waals surface area contributed by atoms with E-state index in [0.29, 0.717) is 24.6 Å². The first-order valence-corrected chi connectivity index (χ1v) is 10.9. The Kier molecular flexibility index (Phi) is 5.47. The third-order valence-corrected chi connectivity index (χ3v) is 6.27. The standard InChI is InChI=1S/C22H29N7O3/c1-21(2,3)15-13-16(29(26-15)19-23-11-8-12-24-19)25-17(30)14-28-18(31)22(27(4)20(28)32)9-6-5-7-10-22/h8,11-13H,5-7,9-10,14H2,1-4H3,(H,25,30). The minimum absolute atomic E-state index is 0.267. The van der Waals surface area contributed by atoms with Crippen LogP contribution in [0.5, 0.6) is 0 Å². The summed E-state index contributed by atoms with van der Waals surface area (Å²) in [5, 5.41) is 7.36. The van der Waals surface area contributed by atoms with Gasteiger partial charge >= 0.3 is 6.03 Å². The lowest BCUT2D eigenvalue weighted by Crippen LogP contribution is -2.49. The SMILES string of the molecule is CN1C(=O)N(CC(=O)Nc2cc(C(C)(C)C)nn2-c2ncccn2)C(=O)C12CCCCC2. The Labute approximate surface area is 187 Å². The van der Waals surface area contributed by atoms with Crippen molar-refractivity contribution < 1.29 is 14.4 Å². The number of anilines is 1. The van der Waals surface area contributed by atoms with E-state index in [1.165, 1.54) is 9.58 Å². The Hall–Kier alpha value is -3.30. The molecule has 2 aromatic heterocycles. The van der Waals surface area contributed by atoms with Crippen LogP contribution < -0.4 is 5.32 Å². The molecule has 2 aromatic rings. The normalized spacial score (nSPS) is 18.5. The minimum Gasteiger partial charge on any atom is -0.313 e. The maximum Gasteiger partial charge on any atom is 0.327 e. The second-order valence-electron chi connectivity index (χ2n) is 9.50. The summed E-state index contributed by atoms with van der Waals surface area (Å²) in [4.78, 5) is 49.9. The maximum atomic E-state index is 13.2. The van der Waals surface area contributed by atoms with Gasteiger partial charge in [-0.05, 0) is 18.9 Å². The van der Waals surface area contributed by atoms with E-state index in [2.05, 4.69) is 20.4 Å². The number of nitrogens with one attached hydrogen (secondary N) is 1. The molecule has 0 unspecified atom stereocenters. The van der Waals surface area contributed by atoms with E-state index in [4.69, 9.17) is 0 Å². The number of aromatic nitrogens is 4. The van der Waals surface area contributed by atoms with Gasteiger partial charge in [0, 0.05) is 30.9 Å². The molecular formula is C22H29N7O3. The molecule has 1 saturated carbocycles. The highest BCUT2D eigenvalue weighted by molar-refractivity contribution is 6.10. The van der Waals surface area contributed by atoms with Crippen LogP contribution in [-0.2, 0) is 15.0 Å². The van der Waals surface area contributed by atoms with Crippen LogP contribution in [0.1, 0.15) is 58.6 Å². The van der Waals surface area contributed by atoms with Crippen LogP contribution in [0, 0.1) is 0 Å². The summed E-state index contributed by atoms with van der Waals surface area (Å²) in [6, 6.07) is 3.02. The number of amides is 4. The van der Waals surface area contributed by atoms with Crippen LogP contribution >= 0.6 is 0 Å². The van der Waals surface area contributed by atoms with Gasteiger partial charge in [-0.3, -0.25) is 14.5 Å². The van der Waals surface area contributed by atoms with Gasteiger partial charge in [-0.1, -0.05) is 40.0 Å². The fraction of sp³-hybridized carbons (Fsp3) is 0.545. The largest absolute Gasteiger partial charge is 0.327 e. The number of imide groups is 1. The van der Waals surface area contributed by atoms with Gasteiger partial charge in [0.2, 0.25) is 5.91 Å². The first-order chi connectivity index (χ1) is 15.1. The van der Waals surface area contributed by atoms with Crippen LogP contribution in [0.2, 0.25) is 0 Å². The van der Waals surface area contributed by atoms with Crippen molar-refractivity contribution in [2.24, 2.45) is 0 Å². The number of urea groups is 1. The fourth-order valence-electron chi connectivity index (χ4n) is 4.39. The van der Waals surface area contributed by atoms with E-state index in [1.807, 2.05) is 20.8 Å². The van der Waals surface area contributed by atoms with Gasteiger partial charge in [0.15, 0.2) is 0 Å². The Morgan fingerprint density at radius 3 is 2.41 bits per heavy atom. The summed E-state index contributed by atoms with van der Waals surface area (Å²) in [5.74, 6) is -0.0703. The van der Waals surface area contributed by atoms with Crippen LogP contribution in [0.25, 0.3) is 5.95 Å². The highest BCUT2D eigenvalue weighted by Gasteiger charge is 2.55. The van der Waals surface area contributed by atoms with E-state index < -0.39 is 17.5 Å². The third kappa shape index (κ3) is 3.74. The highest BCUT2D eigenvalue weighted by atomic mass is 16.2. The number of rotatable bonds is 4. The summed E-state index contributed by atoms with van der Waals surface area (Å²) in [6.45, 7) is 5.68. The number of carbonyl (C=O) groups excluding carboxylic acids is 3. The van der Waals surface area contributed by atoms with Crippen LogP contribution in [0.15, 0.2) is 24.5 Å². The molecule has 0 aromatic carbocycles. The Morgan fingerprint density at radius 2 is 1.78 bits per heavy atom. The van der Waals surface area contributed by atoms with Crippen LogP contribution in [0.3, 0.4) is 0 Å². The molecule has 32 heavy (non-hydrogen) atoms. The molecule has 4 amide bonds. The summed E-state index contributed by atoms with van der Waals surface area (Å²) < 4.78 is 1.46. The molecule has 1 aliphatic heterocycles. The topological polar surface area (TPSA) is 113 Å². The maximum absolute atomic E-state index is 13.2. The quantitative estimate of drug-likeness (QED) is 0.733. The van der Waals surface area contributed by atoms with Gasteiger partial charge in [0.1, 0.15) is 17.9 Å². The lowest BCUT2D eigenvalue weighted by Gasteiger charge is -2.35. The Morgan fingerprint density at radius 1 is 1.12 bits per heavy atom. The van der Waals surface area contributed by atoms with Crippen molar-refractivity contribution in [2.75, 3.05) is 18.9 Å². The highest BCUT2D eigenvalue weighted by Crippen LogP contribution is 2.39. The zero-order valence-corrected chi connectivity index (χ0v) is 19.0. The number of likely N-dealkylation sites (N-methyl/N-ethyl adjacent to an activating group) is 1. The molecular weight excluding hydrogens is 410 g/mol. The minimum atomic E-state index is -0.811. The zero-order chi connectivity index (χ0) is 23.1. The molecule has 1 N–H and O–H groups in total. The van der Waals surface area contributed by atoms with Gasteiger partial charge < -0.3 is 10.2 Å². The second-order valence-corrected chi connectivity index (χ2v) is 9.50. The van der Waals surface area contributed by atoms with E-state index in [0.717, 1.165) is 29.9 Å².